The summed E-state index contributed by atoms with van der Waals surface area (Å²) in [5.74, 6) is -0.257. The molecule has 106 valence electrons. The molecule has 4 nitrogen and oxygen atoms in total. The quantitative estimate of drug-likeness (QED) is 0.739. The lowest BCUT2D eigenvalue weighted by molar-refractivity contribution is -0.115. The molecule has 1 aliphatic rings. The summed E-state index contributed by atoms with van der Waals surface area (Å²) in [5.41, 5.74) is 2.85. The number of rotatable bonds is 2. The molecule has 2 N–H and O–H groups in total. The van der Waals surface area contributed by atoms with E-state index in [4.69, 9.17) is 11.6 Å². The number of carbonyl (C=O) groups is 2. The molecule has 1 aliphatic heterocycles. The Morgan fingerprint density at radius 2 is 2.05 bits per heavy atom. The maximum Gasteiger partial charge on any atom is 0.255 e. The minimum absolute atomic E-state index is 0.0465. The molecule has 0 saturated heterocycles. The molecule has 0 bridgehead atoms. The molecular weight excluding hydrogens is 403 g/mol. The molecule has 0 aliphatic carbocycles. The number of nitrogens with one attached hydrogen (secondary N) is 2. The van der Waals surface area contributed by atoms with Crippen LogP contribution >= 0.6 is 34.2 Å². The van der Waals surface area contributed by atoms with Gasteiger partial charge in [0.15, 0.2) is 0 Å². The molecular formula is C15H10ClIN2O2. The van der Waals surface area contributed by atoms with Gasteiger partial charge in [-0.2, -0.15) is 0 Å². The fourth-order valence-electron chi connectivity index (χ4n) is 2.16. The number of anilines is 2. The molecule has 0 aromatic heterocycles. The summed E-state index contributed by atoms with van der Waals surface area (Å²) in [7, 11) is 0. The van der Waals surface area contributed by atoms with Crippen molar-refractivity contribution in [2.75, 3.05) is 10.6 Å². The van der Waals surface area contributed by atoms with E-state index >= 15 is 0 Å². The van der Waals surface area contributed by atoms with Crippen LogP contribution in [0.5, 0.6) is 0 Å². The molecule has 21 heavy (non-hydrogen) atoms. The number of hydrogen-bond donors (Lipinski definition) is 2. The van der Waals surface area contributed by atoms with Crippen molar-refractivity contribution in [1.29, 1.82) is 0 Å². The average molecular weight is 413 g/mol. The second kappa shape index (κ2) is 5.65. The van der Waals surface area contributed by atoms with Crippen molar-refractivity contribution in [3.05, 3.63) is 56.1 Å². The maximum absolute atomic E-state index is 12.3. The number of carbonyl (C=O) groups excluding carboxylic acids is 2. The first-order valence-electron chi connectivity index (χ1n) is 6.22. The lowest BCUT2D eigenvalue weighted by Crippen LogP contribution is -2.13. The molecule has 0 spiro atoms. The zero-order chi connectivity index (χ0) is 15.0. The van der Waals surface area contributed by atoms with Gasteiger partial charge in [-0.05, 0) is 64.6 Å². The molecule has 6 heteroatoms. The van der Waals surface area contributed by atoms with Crippen molar-refractivity contribution in [2.45, 2.75) is 6.42 Å². The fraction of sp³-hybridized carbons (Fsp3) is 0.0667. The van der Waals surface area contributed by atoms with E-state index in [1.54, 1.807) is 36.4 Å². The van der Waals surface area contributed by atoms with Crippen molar-refractivity contribution in [3.8, 4) is 0 Å². The highest BCUT2D eigenvalue weighted by molar-refractivity contribution is 14.1. The highest BCUT2D eigenvalue weighted by Crippen LogP contribution is 2.26. The van der Waals surface area contributed by atoms with Crippen LogP contribution < -0.4 is 10.6 Å². The predicted octanol–water partition coefficient (Wildman–Crippen LogP) is 3.69. The maximum atomic E-state index is 12.3. The molecule has 0 saturated carbocycles. The number of fused-ring (bicyclic) bond motifs is 1. The molecule has 0 atom stereocenters. The smallest absolute Gasteiger partial charge is 0.255 e. The van der Waals surface area contributed by atoms with Crippen LogP contribution in [0, 0.1) is 3.57 Å². The van der Waals surface area contributed by atoms with Crippen molar-refractivity contribution in [2.24, 2.45) is 0 Å². The van der Waals surface area contributed by atoms with Crippen LogP contribution in [0.25, 0.3) is 0 Å². The Balaban J connectivity index is 1.83. The number of halogens is 2. The van der Waals surface area contributed by atoms with Crippen LogP contribution in [-0.2, 0) is 11.2 Å². The normalized spacial score (nSPS) is 12.8. The Kier molecular flexibility index (Phi) is 3.86. The highest BCUT2D eigenvalue weighted by Gasteiger charge is 2.19. The lowest BCUT2D eigenvalue weighted by Gasteiger charge is -2.08. The van der Waals surface area contributed by atoms with E-state index in [0.29, 0.717) is 22.7 Å². The van der Waals surface area contributed by atoms with Gasteiger partial charge in [-0.3, -0.25) is 9.59 Å². The van der Waals surface area contributed by atoms with E-state index in [2.05, 4.69) is 33.2 Å². The van der Waals surface area contributed by atoms with Crippen molar-refractivity contribution in [3.63, 3.8) is 0 Å². The van der Waals surface area contributed by atoms with Gasteiger partial charge in [0.25, 0.3) is 5.91 Å². The van der Waals surface area contributed by atoms with E-state index in [1.807, 2.05) is 0 Å². The fourth-order valence-corrected chi connectivity index (χ4v) is 3.16. The van der Waals surface area contributed by atoms with Gasteiger partial charge < -0.3 is 10.6 Å². The summed E-state index contributed by atoms with van der Waals surface area (Å²) in [4.78, 5) is 23.6. The summed E-state index contributed by atoms with van der Waals surface area (Å²) in [5, 5.41) is 6.21. The van der Waals surface area contributed by atoms with Gasteiger partial charge in [-0.1, -0.05) is 11.6 Å². The van der Waals surface area contributed by atoms with Gasteiger partial charge in [-0.15, -0.1) is 0 Å². The standard InChI is InChI=1S/C15H10ClIN2O2/c16-10-2-4-13(11(17)7-10)19-15(21)8-1-3-12-9(5-8)6-14(20)18-12/h1-5,7H,6H2,(H,18,20)(H,19,21). The zero-order valence-electron chi connectivity index (χ0n) is 10.7. The molecule has 3 rings (SSSR count). The number of benzene rings is 2. The van der Waals surface area contributed by atoms with E-state index in [-0.39, 0.29) is 11.8 Å². The Morgan fingerprint density at radius 3 is 2.81 bits per heavy atom. The first kappa shape index (κ1) is 14.3. The molecule has 2 aromatic carbocycles. The van der Waals surface area contributed by atoms with Gasteiger partial charge >= 0.3 is 0 Å². The lowest BCUT2D eigenvalue weighted by atomic mass is 10.1. The van der Waals surface area contributed by atoms with Crippen LogP contribution in [0.3, 0.4) is 0 Å². The Morgan fingerprint density at radius 1 is 1.24 bits per heavy atom. The Labute approximate surface area is 140 Å². The highest BCUT2D eigenvalue weighted by atomic mass is 127. The van der Waals surface area contributed by atoms with Gasteiger partial charge in [-0.25, -0.2) is 0 Å². The molecule has 1 heterocycles. The molecule has 0 fully saturated rings. The monoisotopic (exact) mass is 412 g/mol. The van der Waals surface area contributed by atoms with Crippen LogP contribution in [-0.4, -0.2) is 11.8 Å². The Hall–Kier alpha value is -1.60. The molecule has 0 radical (unpaired) electrons. The topological polar surface area (TPSA) is 58.2 Å². The number of hydrogen-bond acceptors (Lipinski definition) is 2. The number of amides is 2. The second-order valence-electron chi connectivity index (χ2n) is 4.68. The third-order valence-electron chi connectivity index (χ3n) is 3.17. The van der Waals surface area contributed by atoms with Crippen LogP contribution in [0.15, 0.2) is 36.4 Å². The summed E-state index contributed by atoms with van der Waals surface area (Å²) in [6.07, 6.45) is 0.314. The third-order valence-corrected chi connectivity index (χ3v) is 4.30. The predicted molar refractivity (Wildman–Crippen MR) is 90.9 cm³/mol. The van der Waals surface area contributed by atoms with Gasteiger partial charge in [0.2, 0.25) is 5.91 Å². The van der Waals surface area contributed by atoms with E-state index in [9.17, 15) is 9.59 Å². The summed E-state index contributed by atoms with van der Waals surface area (Å²) in [6.45, 7) is 0. The van der Waals surface area contributed by atoms with Gasteiger partial charge in [0, 0.05) is 19.8 Å². The average Bonchev–Trinajstić information content (AvgIpc) is 2.80. The first-order chi connectivity index (χ1) is 10.0. The zero-order valence-corrected chi connectivity index (χ0v) is 13.7. The van der Waals surface area contributed by atoms with Gasteiger partial charge in [0.1, 0.15) is 0 Å². The van der Waals surface area contributed by atoms with Crippen molar-refractivity contribution >= 4 is 57.4 Å². The van der Waals surface area contributed by atoms with Crippen LogP contribution in [0.2, 0.25) is 5.02 Å². The summed E-state index contributed by atoms with van der Waals surface area (Å²) < 4.78 is 0.867. The molecule has 2 aromatic rings. The van der Waals surface area contributed by atoms with Crippen molar-refractivity contribution in [1.82, 2.24) is 0 Å². The summed E-state index contributed by atoms with van der Waals surface area (Å²) in [6, 6.07) is 10.5. The minimum Gasteiger partial charge on any atom is -0.326 e. The minimum atomic E-state index is -0.211. The third kappa shape index (κ3) is 3.03. The van der Waals surface area contributed by atoms with Gasteiger partial charge in [0.05, 0.1) is 12.1 Å². The largest absolute Gasteiger partial charge is 0.326 e. The SMILES string of the molecule is O=C1Cc2cc(C(=O)Nc3ccc(Cl)cc3I)ccc2N1. The molecule has 0 unspecified atom stereocenters. The van der Waals surface area contributed by atoms with E-state index in [0.717, 1.165) is 14.8 Å². The second-order valence-corrected chi connectivity index (χ2v) is 6.27. The van der Waals surface area contributed by atoms with Crippen LogP contribution in [0.4, 0.5) is 11.4 Å². The van der Waals surface area contributed by atoms with Crippen molar-refractivity contribution < 1.29 is 9.59 Å². The van der Waals surface area contributed by atoms with E-state index in [1.165, 1.54) is 0 Å². The Bertz CT molecular complexity index is 761. The first-order valence-corrected chi connectivity index (χ1v) is 7.68. The van der Waals surface area contributed by atoms with E-state index < -0.39 is 0 Å². The summed E-state index contributed by atoms with van der Waals surface area (Å²) >= 11 is 8.01. The molecule has 2 amide bonds. The van der Waals surface area contributed by atoms with Crippen LogP contribution in [0.1, 0.15) is 15.9 Å².